The summed E-state index contributed by atoms with van der Waals surface area (Å²) in [5, 5.41) is 1.42. The van der Waals surface area contributed by atoms with Gasteiger partial charge in [-0.3, -0.25) is 9.78 Å². The lowest BCUT2D eigenvalue weighted by atomic mass is 10.0. The summed E-state index contributed by atoms with van der Waals surface area (Å²) in [7, 11) is 1.68. The topological polar surface area (TPSA) is 59.5 Å². The van der Waals surface area contributed by atoms with Gasteiger partial charge in [-0.15, -0.1) is 0 Å². The minimum Gasteiger partial charge on any atom is -0.452 e. The summed E-state index contributed by atoms with van der Waals surface area (Å²) < 4.78 is 5.42. The molecule has 0 unspecified atom stereocenters. The molecule has 0 aliphatic heterocycles. The summed E-state index contributed by atoms with van der Waals surface area (Å²) >= 11 is 5.89. The SMILES string of the molecule is CN(Cc1ccc(Cl)cc1)C(=O)COC(=O)c1c2c(nc3ccccc13)CCC2. The van der Waals surface area contributed by atoms with Crippen molar-refractivity contribution >= 4 is 34.4 Å². The van der Waals surface area contributed by atoms with Crippen LogP contribution in [0.4, 0.5) is 0 Å². The van der Waals surface area contributed by atoms with Gasteiger partial charge < -0.3 is 9.64 Å². The molecule has 0 N–H and O–H groups in total. The van der Waals surface area contributed by atoms with Gasteiger partial charge in [0, 0.05) is 29.7 Å². The Balaban J connectivity index is 1.47. The summed E-state index contributed by atoms with van der Waals surface area (Å²) in [6.45, 7) is 0.121. The standard InChI is InChI=1S/C23H21ClN2O3/c1-26(13-15-9-11-16(24)12-10-15)21(27)14-29-23(28)22-17-5-2-3-7-19(17)25-20-8-4-6-18(20)22/h2-3,5,7,9-12H,4,6,8,13-14H2,1H3. The van der Waals surface area contributed by atoms with Gasteiger partial charge in [-0.25, -0.2) is 4.79 Å². The predicted octanol–water partition coefficient (Wildman–Crippen LogP) is 4.19. The number of likely N-dealkylation sites (N-methyl/N-ethyl adjacent to an activating group) is 1. The number of para-hydroxylation sites is 1. The first-order chi connectivity index (χ1) is 14.0. The van der Waals surface area contributed by atoms with E-state index in [-0.39, 0.29) is 12.5 Å². The monoisotopic (exact) mass is 408 g/mol. The van der Waals surface area contributed by atoms with E-state index in [0.29, 0.717) is 17.1 Å². The van der Waals surface area contributed by atoms with Crippen molar-refractivity contribution < 1.29 is 14.3 Å². The molecule has 3 aromatic rings. The average molecular weight is 409 g/mol. The van der Waals surface area contributed by atoms with Gasteiger partial charge in [0.05, 0.1) is 11.1 Å². The number of benzene rings is 2. The fourth-order valence-corrected chi connectivity index (χ4v) is 3.83. The minimum atomic E-state index is -0.463. The number of rotatable bonds is 5. The number of amides is 1. The number of hydrogen-bond donors (Lipinski definition) is 0. The van der Waals surface area contributed by atoms with Crippen LogP contribution in [-0.4, -0.2) is 35.4 Å². The van der Waals surface area contributed by atoms with Crippen molar-refractivity contribution in [1.29, 1.82) is 0 Å². The van der Waals surface area contributed by atoms with Crippen LogP contribution in [-0.2, 0) is 28.9 Å². The lowest BCUT2D eigenvalue weighted by molar-refractivity contribution is -0.133. The van der Waals surface area contributed by atoms with Crippen molar-refractivity contribution in [3.63, 3.8) is 0 Å². The molecule has 2 aromatic carbocycles. The molecule has 0 saturated heterocycles. The zero-order valence-electron chi connectivity index (χ0n) is 16.2. The number of ether oxygens (including phenoxy) is 1. The number of esters is 1. The number of fused-ring (bicyclic) bond motifs is 2. The second-order valence-electron chi connectivity index (χ2n) is 7.24. The highest BCUT2D eigenvalue weighted by molar-refractivity contribution is 6.30. The molecule has 0 bridgehead atoms. The summed E-state index contributed by atoms with van der Waals surface area (Å²) in [4.78, 5) is 31.6. The van der Waals surface area contributed by atoms with Crippen LogP contribution >= 0.6 is 11.6 Å². The van der Waals surface area contributed by atoms with Gasteiger partial charge in [-0.1, -0.05) is 41.9 Å². The van der Waals surface area contributed by atoms with Gasteiger partial charge >= 0.3 is 5.97 Å². The van der Waals surface area contributed by atoms with Crippen LogP contribution in [0.15, 0.2) is 48.5 Å². The lowest BCUT2D eigenvalue weighted by Gasteiger charge is -2.18. The highest BCUT2D eigenvalue weighted by atomic mass is 35.5. The number of hydrogen-bond acceptors (Lipinski definition) is 4. The number of aromatic nitrogens is 1. The number of pyridine rings is 1. The van der Waals surface area contributed by atoms with Crippen molar-refractivity contribution in [2.45, 2.75) is 25.8 Å². The smallest absolute Gasteiger partial charge is 0.339 e. The van der Waals surface area contributed by atoms with Gasteiger partial charge in [0.1, 0.15) is 0 Å². The van der Waals surface area contributed by atoms with Crippen LogP contribution in [0.5, 0.6) is 0 Å². The summed E-state index contributed by atoms with van der Waals surface area (Å²) in [5.41, 5.74) is 4.20. The van der Waals surface area contributed by atoms with Crippen molar-refractivity contribution in [2.24, 2.45) is 0 Å². The molecule has 0 radical (unpaired) electrons. The summed E-state index contributed by atoms with van der Waals surface area (Å²) in [5.74, 6) is -0.724. The second kappa shape index (κ2) is 8.21. The minimum absolute atomic E-state index is 0.261. The second-order valence-corrected chi connectivity index (χ2v) is 7.67. The highest BCUT2D eigenvalue weighted by Crippen LogP contribution is 2.30. The molecule has 4 rings (SSSR count). The molecule has 148 valence electrons. The first-order valence-corrected chi connectivity index (χ1v) is 9.97. The van der Waals surface area contributed by atoms with Gasteiger partial charge in [-0.2, -0.15) is 0 Å². The van der Waals surface area contributed by atoms with Gasteiger partial charge in [-0.05, 0) is 48.6 Å². The fourth-order valence-electron chi connectivity index (χ4n) is 3.71. The zero-order valence-corrected chi connectivity index (χ0v) is 16.9. The molecule has 29 heavy (non-hydrogen) atoms. The van der Waals surface area contributed by atoms with E-state index in [2.05, 4.69) is 4.98 Å². The van der Waals surface area contributed by atoms with Gasteiger partial charge in [0.25, 0.3) is 5.91 Å². The highest BCUT2D eigenvalue weighted by Gasteiger charge is 2.25. The average Bonchev–Trinajstić information content (AvgIpc) is 3.19. The van der Waals surface area contributed by atoms with E-state index >= 15 is 0 Å². The molecule has 0 fully saturated rings. The Hall–Kier alpha value is -2.92. The molecule has 1 aliphatic rings. The molecule has 1 aliphatic carbocycles. The molecule has 1 aromatic heterocycles. The molecule has 6 heteroatoms. The maximum atomic E-state index is 12.9. The molecular formula is C23H21ClN2O3. The van der Waals surface area contributed by atoms with E-state index in [0.717, 1.165) is 47.0 Å². The van der Waals surface area contributed by atoms with Gasteiger partial charge in [0.2, 0.25) is 0 Å². The van der Waals surface area contributed by atoms with E-state index in [4.69, 9.17) is 16.3 Å². The summed E-state index contributed by atoms with van der Waals surface area (Å²) in [6, 6.07) is 14.9. The molecule has 0 spiro atoms. The fraction of sp³-hybridized carbons (Fsp3) is 0.261. The van der Waals surface area contributed by atoms with Crippen molar-refractivity contribution in [3.8, 4) is 0 Å². The van der Waals surface area contributed by atoms with E-state index in [1.807, 2.05) is 36.4 Å². The maximum Gasteiger partial charge on any atom is 0.339 e. The van der Waals surface area contributed by atoms with Crippen LogP contribution in [0.3, 0.4) is 0 Å². The van der Waals surface area contributed by atoms with E-state index in [1.54, 1.807) is 19.2 Å². The van der Waals surface area contributed by atoms with Crippen molar-refractivity contribution in [2.75, 3.05) is 13.7 Å². The Morgan fingerprint density at radius 3 is 2.66 bits per heavy atom. The van der Waals surface area contributed by atoms with Crippen molar-refractivity contribution in [1.82, 2.24) is 9.88 Å². The molecular weight excluding hydrogens is 388 g/mol. The van der Waals surface area contributed by atoms with E-state index in [9.17, 15) is 9.59 Å². The molecule has 5 nitrogen and oxygen atoms in total. The Morgan fingerprint density at radius 1 is 1.10 bits per heavy atom. The van der Waals surface area contributed by atoms with Crippen LogP contribution < -0.4 is 0 Å². The normalized spacial score (nSPS) is 12.6. The third-order valence-corrected chi connectivity index (χ3v) is 5.46. The number of carbonyl (C=O) groups excluding carboxylic acids is 2. The first kappa shape index (κ1) is 19.4. The van der Waals surface area contributed by atoms with E-state index in [1.165, 1.54) is 4.90 Å². The Labute approximate surface area is 174 Å². The van der Waals surface area contributed by atoms with Gasteiger partial charge in [0.15, 0.2) is 6.61 Å². The van der Waals surface area contributed by atoms with Crippen LogP contribution in [0.1, 0.15) is 33.6 Å². The molecule has 0 saturated carbocycles. The third-order valence-electron chi connectivity index (χ3n) is 5.21. The molecule has 0 atom stereocenters. The maximum absolute atomic E-state index is 12.9. The Bertz CT molecular complexity index is 1080. The zero-order chi connectivity index (χ0) is 20.4. The molecule has 1 heterocycles. The Kier molecular flexibility index (Phi) is 5.49. The van der Waals surface area contributed by atoms with Crippen LogP contribution in [0.2, 0.25) is 5.02 Å². The Morgan fingerprint density at radius 2 is 1.86 bits per heavy atom. The third kappa shape index (κ3) is 4.10. The summed E-state index contributed by atoms with van der Waals surface area (Å²) in [6.07, 6.45) is 2.65. The quantitative estimate of drug-likeness (QED) is 0.594. The first-order valence-electron chi connectivity index (χ1n) is 9.59. The van der Waals surface area contributed by atoms with Crippen LogP contribution in [0.25, 0.3) is 10.9 Å². The van der Waals surface area contributed by atoms with E-state index < -0.39 is 5.97 Å². The predicted molar refractivity (Wildman–Crippen MR) is 112 cm³/mol. The number of carbonyl (C=O) groups is 2. The van der Waals surface area contributed by atoms with Crippen molar-refractivity contribution in [3.05, 3.63) is 75.9 Å². The largest absolute Gasteiger partial charge is 0.452 e. The lowest BCUT2D eigenvalue weighted by Crippen LogP contribution is -2.31. The number of halogens is 1. The number of nitrogens with zero attached hydrogens (tertiary/aromatic N) is 2. The number of aryl methyl sites for hydroxylation is 1. The van der Waals surface area contributed by atoms with Crippen LogP contribution in [0, 0.1) is 0 Å². The molecule has 1 amide bonds.